The smallest absolute Gasteiger partial charge is 0.247 e. The maximum atomic E-state index is 13.0. The highest BCUT2D eigenvalue weighted by Gasteiger charge is 2.38. The van der Waals surface area contributed by atoms with Gasteiger partial charge in [0.1, 0.15) is 4.90 Å². The summed E-state index contributed by atoms with van der Waals surface area (Å²) in [5, 5.41) is 4.21. The van der Waals surface area contributed by atoms with E-state index in [-0.39, 0.29) is 6.54 Å². The van der Waals surface area contributed by atoms with Gasteiger partial charge in [-0.25, -0.2) is 8.42 Å². The first-order chi connectivity index (χ1) is 9.09. The van der Waals surface area contributed by atoms with Crippen molar-refractivity contribution in [1.29, 1.82) is 0 Å². The molecule has 0 bridgehead atoms. The fourth-order valence-corrected chi connectivity index (χ4v) is 4.58. The molecule has 1 aromatic rings. The molecule has 0 saturated carbocycles. The molecular weight excluding hydrogens is 276 g/mol. The number of rotatable bonds is 6. The third kappa shape index (κ3) is 2.89. The first-order valence-corrected chi connectivity index (χ1v) is 8.26. The molecule has 7 heteroatoms. The third-order valence-electron chi connectivity index (χ3n) is 3.59. The number of nitrogens with zero attached hydrogens (tertiary/aromatic N) is 3. The second-order valence-electron chi connectivity index (χ2n) is 5.72. The van der Waals surface area contributed by atoms with Crippen molar-refractivity contribution in [2.24, 2.45) is 12.8 Å². The minimum absolute atomic E-state index is 0.268. The van der Waals surface area contributed by atoms with Crippen LogP contribution in [0.1, 0.15) is 38.6 Å². The monoisotopic (exact) mass is 302 g/mol. The zero-order valence-electron chi connectivity index (χ0n) is 13.3. The van der Waals surface area contributed by atoms with Crippen LogP contribution in [0.4, 0.5) is 0 Å². The number of hydrogen-bond donors (Lipinski definition) is 1. The van der Waals surface area contributed by atoms with Crippen LogP contribution in [0.15, 0.2) is 4.90 Å². The topological polar surface area (TPSA) is 81.2 Å². The van der Waals surface area contributed by atoms with Crippen molar-refractivity contribution in [2.45, 2.75) is 51.5 Å². The number of aryl methyl sites for hydroxylation is 2. The summed E-state index contributed by atoms with van der Waals surface area (Å²) in [6, 6.07) is 0. The van der Waals surface area contributed by atoms with Gasteiger partial charge >= 0.3 is 0 Å². The molecule has 1 heterocycles. The minimum atomic E-state index is -3.60. The molecule has 116 valence electrons. The molecule has 1 rings (SSSR count). The summed E-state index contributed by atoms with van der Waals surface area (Å²) in [6.07, 6.45) is 0.737. The average Bonchev–Trinajstić information content (AvgIpc) is 2.60. The van der Waals surface area contributed by atoms with E-state index < -0.39 is 15.6 Å². The Balaban J connectivity index is 3.45. The first kappa shape index (κ1) is 17.1. The third-order valence-corrected chi connectivity index (χ3v) is 5.96. The summed E-state index contributed by atoms with van der Waals surface area (Å²) in [5.74, 6) is 0. The van der Waals surface area contributed by atoms with Crippen LogP contribution in [0.3, 0.4) is 0 Å². The van der Waals surface area contributed by atoms with Gasteiger partial charge in [-0.2, -0.15) is 9.40 Å². The van der Waals surface area contributed by atoms with Gasteiger partial charge in [-0.05, 0) is 34.1 Å². The quantitative estimate of drug-likeness (QED) is 0.855. The van der Waals surface area contributed by atoms with Gasteiger partial charge in [0, 0.05) is 25.7 Å². The van der Waals surface area contributed by atoms with Crippen molar-refractivity contribution in [3.8, 4) is 0 Å². The summed E-state index contributed by atoms with van der Waals surface area (Å²) in [7, 11) is -1.85. The van der Waals surface area contributed by atoms with Crippen LogP contribution in [0.5, 0.6) is 0 Å². The van der Waals surface area contributed by atoms with Crippen molar-refractivity contribution in [2.75, 3.05) is 13.1 Å². The zero-order chi connectivity index (χ0) is 15.7. The van der Waals surface area contributed by atoms with Crippen LogP contribution < -0.4 is 5.73 Å². The van der Waals surface area contributed by atoms with Gasteiger partial charge in [-0.1, -0.05) is 6.92 Å². The van der Waals surface area contributed by atoms with Gasteiger partial charge < -0.3 is 5.73 Å². The number of nitrogens with two attached hydrogens (primary N) is 1. The summed E-state index contributed by atoms with van der Waals surface area (Å²) >= 11 is 0. The molecule has 0 spiro atoms. The Labute approximate surface area is 122 Å². The van der Waals surface area contributed by atoms with Crippen molar-refractivity contribution in [1.82, 2.24) is 14.1 Å². The molecule has 0 aliphatic heterocycles. The van der Waals surface area contributed by atoms with E-state index in [4.69, 9.17) is 5.73 Å². The predicted molar refractivity (Wildman–Crippen MR) is 80.0 cm³/mol. The molecular formula is C13H26N4O2S. The molecule has 20 heavy (non-hydrogen) atoms. The van der Waals surface area contributed by atoms with Crippen LogP contribution in [0.25, 0.3) is 0 Å². The lowest BCUT2D eigenvalue weighted by Crippen LogP contribution is -2.52. The Morgan fingerprint density at radius 1 is 1.35 bits per heavy atom. The van der Waals surface area contributed by atoms with Crippen molar-refractivity contribution in [3.05, 3.63) is 11.4 Å². The Morgan fingerprint density at radius 2 is 1.90 bits per heavy atom. The molecule has 0 fully saturated rings. The van der Waals surface area contributed by atoms with Crippen LogP contribution in [0, 0.1) is 13.8 Å². The summed E-state index contributed by atoms with van der Waals surface area (Å²) in [6.45, 7) is 9.86. The lowest BCUT2D eigenvalue weighted by atomic mass is 10.1. The van der Waals surface area contributed by atoms with E-state index in [1.807, 2.05) is 20.8 Å². The van der Waals surface area contributed by atoms with E-state index in [1.165, 1.54) is 4.31 Å². The zero-order valence-corrected chi connectivity index (χ0v) is 14.1. The molecule has 0 amide bonds. The molecule has 0 saturated heterocycles. The molecule has 2 N–H and O–H groups in total. The maximum absolute atomic E-state index is 13.0. The summed E-state index contributed by atoms with van der Waals surface area (Å²) in [4.78, 5) is 0.301. The number of sulfonamides is 1. The van der Waals surface area contributed by atoms with Gasteiger partial charge in [0.15, 0.2) is 0 Å². The molecule has 0 aromatic carbocycles. The highest BCUT2D eigenvalue weighted by Crippen LogP contribution is 2.28. The molecule has 1 aromatic heterocycles. The molecule has 0 aliphatic rings. The minimum Gasteiger partial charge on any atom is -0.329 e. The van der Waals surface area contributed by atoms with Crippen LogP contribution in [0.2, 0.25) is 0 Å². The Morgan fingerprint density at radius 3 is 2.25 bits per heavy atom. The second-order valence-corrected chi connectivity index (χ2v) is 7.52. The summed E-state index contributed by atoms with van der Waals surface area (Å²) < 4.78 is 29.1. The number of hydrogen-bond acceptors (Lipinski definition) is 4. The van der Waals surface area contributed by atoms with E-state index >= 15 is 0 Å². The molecule has 0 atom stereocenters. The predicted octanol–water partition coefficient (Wildman–Crippen LogP) is 1.17. The van der Waals surface area contributed by atoms with Crippen LogP contribution >= 0.6 is 0 Å². The summed E-state index contributed by atoms with van der Waals surface area (Å²) in [5.41, 5.74) is 6.32. The van der Waals surface area contributed by atoms with Crippen LogP contribution in [-0.4, -0.2) is 41.1 Å². The van der Waals surface area contributed by atoms with Gasteiger partial charge in [0.05, 0.1) is 11.4 Å². The normalized spacial score (nSPS) is 13.2. The van der Waals surface area contributed by atoms with E-state index in [0.29, 0.717) is 22.8 Å². The molecule has 0 aliphatic carbocycles. The Kier molecular flexibility index (Phi) is 4.99. The van der Waals surface area contributed by atoms with E-state index in [9.17, 15) is 8.42 Å². The standard InChI is InChI=1S/C13H26N4O2S/c1-7-8-17(13(4,5)9-14)20(18,19)12-10(2)15-16(6)11(12)3/h7-9,14H2,1-6H3. The van der Waals surface area contributed by atoms with Gasteiger partial charge in [-0.15, -0.1) is 0 Å². The molecule has 6 nitrogen and oxygen atoms in total. The highest BCUT2D eigenvalue weighted by molar-refractivity contribution is 7.89. The molecule has 0 unspecified atom stereocenters. The van der Waals surface area contributed by atoms with Crippen LogP contribution in [-0.2, 0) is 17.1 Å². The number of aromatic nitrogens is 2. The highest BCUT2D eigenvalue weighted by atomic mass is 32.2. The van der Waals surface area contributed by atoms with Crippen molar-refractivity contribution < 1.29 is 8.42 Å². The first-order valence-electron chi connectivity index (χ1n) is 6.82. The van der Waals surface area contributed by atoms with Gasteiger partial charge in [-0.3, -0.25) is 4.68 Å². The van der Waals surface area contributed by atoms with E-state index in [2.05, 4.69) is 5.10 Å². The van der Waals surface area contributed by atoms with Crippen molar-refractivity contribution >= 4 is 10.0 Å². The average molecular weight is 302 g/mol. The SMILES string of the molecule is CCCN(C(C)(C)CN)S(=O)(=O)c1c(C)nn(C)c1C. The molecule has 0 radical (unpaired) electrons. The lowest BCUT2D eigenvalue weighted by Gasteiger charge is -2.36. The maximum Gasteiger partial charge on any atom is 0.247 e. The lowest BCUT2D eigenvalue weighted by molar-refractivity contribution is 0.235. The Bertz CT molecular complexity index is 575. The fourth-order valence-electron chi connectivity index (χ4n) is 2.29. The van der Waals surface area contributed by atoms with E-state index in [0.717, 1.165) is 6.42 Å². The van der Waals surface area contributed by atoms with E-state index in [1.54, 1.807) is 25.6 Å². The largest absolute Gasteiger partial charge is 0.329 e. The second kappa shape index (κ2) is 5.83. The van der Waals surface area contributed by atoms with Crippen molar-refractivity contribution in [3.63, 3.8) is 0 Å². The van der Waals surface area contributed by atoms with Gasteiger partial charge in [0.25, 0.3) is 0 Å². The fraction of sp³-hybridized carbons (Fsp3) is 0.769. The Hall–Kier alpha value is -0.920. The van der Waals surface area contributed by atoms with Gasteiger partial charge in [0.2, 0.25) is 10.0 Å².